The molecule has 1 N–H and O–H groups in total. The lowest BCUT2D eigenvalue weighted by Gasteiger charge is -2.14. The van der Waals surface area contributed by atoms with E-state index in [9.17, 15) is 14.0 Å². The van der Waals surface area contributed by atoms with E-state index in [1.165, 1.54) is 29.2 Å². The van der Waals surface area contributed by atoms with Gasteiger partial charge in [-0.2, -0.15) is 0 Å². The van der Waals surface area contributed by atoms with Crippen LogP contribution in [0, 0.1) is 5.82 Å². The third-order valence-corrected chi connectivity index (χ3v) is 4.95. The number of nitrogens with one attached hydrogen (secondary N) is 1. The lowest BCUT2D eigenvalue weighted by Crippen LogP contribution is -2.33. The number of amides is 2. The molecule has 10 heteroatoms. The predicted molar refractivity (Wildman–Crippen MR) is 97.2 cm³/mol. The summed E-state index contributed by atoms with van der Waals surface area (Å²) in [6.45, 7) is 2.36. The van der Waals surface area contributed by atoms with Crippen LogP contribution in [-0.2, 0) is 20.7 Å². The van der Waals surface area contributed by atoms with Crippen LogP contribution in [0.4, 0.5) is 14.9 Å². The van der Waals surface area contributed by atoms with Crippen molar-refractivity contribution in [3.8, 4) is 10.6 Å². The lowest BCUT2D eigenvalue weighted by molar-refractivity contribution is -0.119. The van der Waals surface area contributed by atoms with E-state index >= 15 is 0 Å². The van der Waals surface area contributed by atoms with E-state index < -0.39 is 18.0 Å². The number of hydrogen-bond acceptors (Lipinski definition) is 7. The molecule has 1 aromatic heterocycles. The molecular formula is C17H19FN4O4S. The second-order valence-electron chi connectivity index (χ2n) is 5.96. The van der Waals surface area contributed by atoms with Gasteiger partial charge >= 0.3 is 6.09 Å². The van der Waals surface area contributed by atoms with Crippen molar-refractivity contribution in [2.45, 2.75) is 19.4 Å². The minimum absolute atomic E-state index is 0.207. The molecule has 2 amide bonds. The van der Waals surface area contributed by atoms with E-state index in [0.717, 1.165) is 5.01 Å². The van der Waals surface area contributed by atoms with Crippen LogP contribution in [0.25, 0.3) is 10.6 Å². The van der Waals surface area contributed by atoms with Crippen molar-refractivity contribution < 1.29 is 23.5 Å². The molecule has 1 saturated heterocycles. The van der Waals surface area contributed by atoms with Crippen LogP contribution in [0.1, 0.15) is 11.9 Å². The Kier molecular flexibility index (Phi) is 5.97. The Balaban J connectivity index is 1.72. The number of aromatic nitrogens is 2. The molecular weight excluding hydrogens is 375 g/mol. The summed E-state index contributed by atoms with van der Waals surface area (Å²) < 4.78 is 24.8. The van der Waals surface area contributed by atoms with Crippen molar-refractivity contribution >= 4 is 29.0 Å². The number of methoxy groups -OCH3 is 1. The molecule has 1 unspecified atom stereocenters. The Morgan fingerprint density at radius 2 is 2.30 bits per heavy atom. The fourth-order valence-electron chi connectivity index (χ4n) is 2.59. The minimum Gasteiger partial charge on any atom is -0.442 e. The number of ether oxygens (including phenoxy) is 2. The van der Waals surface area contributed by atoms with E-state index in [4.69, 9.17) is 9.47 Å². The van der Waals surface area contributed by atoms with E-state index in [-0.39, 0.29) is 19.0 Å². The molecule has 0 radical (unpaired) electrons. The van der Waals surface area contributed by atoms with Gasteiger partial charge < -0.3 is 14.8 Å². The maximum atomic E-state index is 14.6. The van der Waals surface area contributed by atoms with Crippen molar-refractivity contribution in [3.63, 3.8) is 0 Å². The third kappa shape index (κ3) is 4.58. The summed E-state index contributed by atoms with van der Waals surface area (Å²) in [4.78, 5) is 24.4. The second kappa shape index (κ2) is 8.40. The quantitative estimate of drug-likeness (QED) is 0.772. The average molecular weight is 394 g/mol. The molecule has 1 aromatic carbocycles. The lowest BCUT2D eigenvalue weighted by atomic mass is 10.2. The topological polar surface area (TPSA) is 93.7 Å². The summed E-state index contributed by atoms with van der Waals surface area (Å²) in [6.07, 6.45) is -0.436. The Labute approximate surface area is 159 Å². The van der Waals surface area contributed by atoms with Gasteiger partial charge in [0.1, 0.15) is 16.9 Å². The maximum Gasteiger partial charge on any atom is 0.414 e. The number of anilines is 1. The molecule has 3 rings (SSSR count). The van der Waals surface area contributed by atoms with Crippen molar-refractivity contribution in [2.75, 3.05) is 31.7 Å². The highest BCUT2D eigenvalue weighted by molar-refractivity contribution is 7.14. The first kappa shape index (κ1) is 19.2. The normalized spacial score (nSPS) is 16.5. The number of hydrogen-bond donors (Lipinski definition) is 1. The Morgan fingerprint density at radius 3 is 3.00 bits per heavy atom. The molecule has 1 aliphatic rings. The molecule has 1 aliphatic heterocycles. The number of halogens is 1. The molecule has 0 saturated carbocycles. The predicted octanol–water partition coefficient (Wildman–Crippen LogP) is 1.99. The minimum atomic E-state index is -0.574. The first-order valence-corrected chi connectivity index (χ1v) is 9.13. The van der Waals surface area contributed by atoms with Gasteiger partial charge in [0.2, 0.25) is 5.91 Å². The molecule has 0 spiro atoms. The van der Waals surface area contributed by atoms with Crippen LogP contribution in [0.15, 0.2) is 18.2 Å². The van der Waals surface area contributed by atoms with Gasteiger partial charge in [-0.15, -0.1) is 10.2 Å². The molecule has 0 bridgehead atoms. The van der Waals surface area contributed by atoms with Crippen molar-refractivity contribution in [1.82, 2.24) is 15.5 Å². The first-order chi connectivity index (χ1) is 13.0. The third-order valence-electron chi connectivity index (χ3n) is 3.93. The first-order valence-electron chi connectivity index (χ1n) is 8.31. The average Bonchev–Trinajstić information content (AvgIpc) is 3.24. The molecule has 0 aliphatic carbocycles. The van der Waals surface area contributed by atoms with Crippen molar-refractivity contribution in [1.29, 1.82) is 0 Å². The summed E-state index contributed by atoms with van der Waals surface area (Å²) in [5.74, 6) is -0.707. The highest BCUT2D eigenvalue weighted by Gasteiger charge is 2.32. The summed E-state index contributed by atoms with van der Waals surface area (Å²) >= 11 is 1.30. The molecule has 144 valence electrons. The largest absolute Gasteiger partial charge is 0.442 e. The zero-order valence-electron chi connectivity index (χ0n) is 14.9. The van der Waals surface area contributed by atoms with Crippen LogP contribution in [0.5, 0.6) is 0 Å². The summed E-state index contributed by atoms with van der Waals surface area (Å²) in [5, 5.41) is 11.9. The molecule has 2 heterocycles. The van der Waals surface area contributed by atoms with Gasteiger partial charge in [0.15, 0.2) is 5.01 Å². The fraction of sp³-hybridized carbons (Fsp3) is 0.412. The van der Waals surface area contributed by atoms with Gasteiger partial charge in [-0.3, -0.25) is 9.69 Å². The number of rotatable bonds is 7. The zero-order valence-corrected chi connectivity index (χ0v) is 15.7. The molecule has 2 aromatic rings. The zero-order chi connectivity index (χ0) is 19.4. The highest BCUT2D eigenvalue weighted by Crippen LogP contribution is 2.30. The van der Waals surface area contributed by atoms with Crippen LogP contribution >= 0.6 is 11.3 Å². The monoisotopic (exact) mass is 394 g/mol. The van der Waals surface area contributed by atoms with Crippen LogP contribution < -0.4 is 10.2 Å². The number of benzene rings is 1. The van der Waals surface area contributed by atoms with Crippen LogP contribution in [-0.4, -0.2) is 55.1 Å². The van der Waals surface area contributed by atoms with Gasteiger partial charge in [0.25, 0.3) is 0 Å². The van der Waals surface area contributed by atoms with Crippen molar-refractivity contribution in [2.24, 2.45) is 0 Å². The Bertz CT molecular complexity index is 844. The van der Waals surface area contributed by atoms with E-state index in [0.29, 0.717) is 29.3 Å². The van der Waals surface area contributed by atoms with Gasteiger partial charge in [-0.25, -0.2) is 9.18 Å². The maximum absolute atomic E-state index is 14.6. The molecule has 8 nitrogen and oxygen atoms in total. The standard InChI is InChI=1S/C17H19FN4O4S/c1-10(23)19-8-12-9-22(17(24)26-12)11-3-4-13(14(18)7-11)16-21-20-15(27-16)5-6-25-2/h3-4,7,12H,5-6,8-9H2,1-2H3,(H,19,23). The Morgan fingerprint density at radius 1 is 1.48 bits per heavy atom. The number of carbonyl (C=O) groups excluding carboxylic acids is 2. The molecule has 1 fully saturated rings. The molecule has 27 heavy (non-hydrogen) atoms. The number of cyclic esters (lactones) is 1. The molecule has 1 atom stereocenters. The van der Waals surface area contributed by atoms with E-state index in [2.05, 4.69) is 15.5 Å². The van der Waals surface area contributed by atoms with Gasteiger partial charge in [-0.1, -0.05) is 11.3 Å². The number of nitrogens with zero attached hydrogens (tertiary/aromatic N) is 3. The van der Waals surface area contributed by atoms with Crippen LogP contribution in [0.2, 0.25) is 0 Å². The van der Waals surface area contributed by atoms with Crippen molar-refractivity contribution in [3.05, 3.63) is 29.0 Å². The van der Waals surface area contributed by atoms with E-state index in [1.54, 1.807) is 19.2 Å². The van der Waals surface area contributed by atoms with Gasteiger partial charge in [0, 0.05) is 26.0 Å². The van der Waals surface area contributed by atoms with E-state index in [1.807, 2.05) is 0 Å². The SMILES string of the molecule is COCCc1nnc(-c2ccc(N3CC(CNC(C)=O)OC3=O)cc2F)s1. The Hall–Kier alpha value is -2.59. The number of carbonyl (C=O) groups is 2. The summed E-state index contributed by atoms with van der Waals surface area (Å²) in [7, 11) is 1.60. The summed E-state index contributed by atoms with van der Waals surface area (Å²) in [6, 6.07) is 4.48. The smallest absolute Gasteiger partial charge is 0.414 e. The summed E-state index contributed by atoms with van der Waals surface area (Å²) in [5.41, 5.74) is 0.706. The fourth-order valence-corrected chi connectivity index (χ4v) is 3.44. The van der Waals surface area contributed by atoms with Crippen LogP contribution in [0.3, 0.4) is 0 Å². The highest BCUT2D eigenvalue weighted by atomic mass is 32.1. The second-order valence-corrected chi connectivity index (χ2v) is 7.02. The van der Waals surface area contributed by atoms with Gasteiger partial charge in [0.05, 0.1) is 25.4 Å². The van der Waals surface area contributed by atoms with Gasteiger partial charge in [-0.05, 0) is 18.2 Å².